The molecule has 1 fully saturated rings. The van der Waals surface area contributed by atoms with Gasteiger partial charge < -0.3 is 24.2 Å². The monoisotopic (exact) mass is 281 g/mol. The van der Waals surface area contributed by atoms with Crippen LogP contribution >= 0.6 is 0 Å². The third-order valence-corrected chi connectivity index (χ3v) is 4.13. The van der Waals surface area contributed by atoms with Gasteiger partial charge in [0.1, 0.15) is 17.2 Å². The van der Waals surface area contributed by atoms with E-state index in [0.29, 0.717) is 5.75 Å². The second kappa shape index (κ2) is 6.33. The van der Waals surface area contributed by atoms with Crippen molar-refractivity contribution in [2.45, 2.75) is 18.4 Å². The Morgan fingerprint density at radius 3 is 2.20 bits per heavy atom. The summed E-state index contributed by atoms with van der Waals surface area (Å²) in [5.74, 6) is 2.40. The van der Waals surface area contributed by atoms with Gasteiger partial charge in [-0.2, -0.15) is 0 Å². The molecule has 1 heterocycles. The summed E-state index contributed by atoms with van der Waals surface area (Å²) in [5.41, 5.74) is 1.01. The second-order valence-corrected chi connectivity index (χ2v) is 5.07. The van der Waals surface area contributed by atoms with Gasteiger partial charge in [-0.3, -0.25) is 0 Å². The molecule has 1 aliphatic heterocycles. The molecule has 0 radical (unpaired) electrons. The van der Waals surface area contributed by atoms with E-state index >= 15 is 0 Å². The van der Waals surface area contributed by atoms with Crippen LogP contribution in [0.1, 0.15) is 17.9 Å². The lowest BCUT2D eigenvalue weighted by molar-refractivity contribution is 0.171. The lowest BCUT2D eigenvalue weighted by atomic mass is 9.90. The van der Waals surface area contributed by atoms with E-state index in [4.69, 9.17) is 14.2 Å². The van der Waals surface area contributed by atoms with Gasteiger partial charge in [0, 0.05) is 29.7 Å². The number of aliphatic hydroxyl groups is 1. The average molecular weight is 281 g/mol. The lowest BCUT2D eigenvalue weighted by Gasteiger charge is -2.26. The zero-order valence-corrected chi connectivity index (χ0v) is 12.5. The van der Waals surface area contributed by atoms with Gasteiger partial charge in [-0.15, -0.1) is 0 Å². The largest absolute Gasteiger partial charge is 0.496 e. The predicted molar refractivity (Wildman–Crippen MR) is 77.0 cm³/mol. The van der Waals surface area contributed by atoms with Crippen molar-refractivity contribution in [1.82, 2.24) is 4.90 Å². The van der Waals surface area contributed by atoms with Gasteiger partial charge in [0.15, 0.2) is 0 Å². The number of rotatable bonds is 5. The van der Waals surface area contributed by atoms with Crippen LogP contribution in [0, 0.1) is 0 Å². The summed E-state index contributed by atoms with van der Waals surface area (Å²) in [4.78, 5) is 2.17. The van der Waals surface area contributed by atoms with E-state index in [2.05, 4.69) is 4.90 Å². The molecule has 20 heavy (non-hydrogen) atoms. The Hall–Kier alpha value is -1.46. The smallest absolute Gasteiger partial charge is 0.129 e. The number of hydrogen-bond acceptors (Lipinski definition) is 5. The zero-order valence-electron chi connectivity index (χ0n) is 12.5. The standard InChI is InChI=1S/C15H23NO4/c1-16-6-5-11(12(16)9-17)15-13(19-3)7-10(18-2)8-14(15)20-4/h7-8,11-12,17H,5-6,9H2,1-4H3/t11-,12?/m1/s1. The SMILES string of the molecule is COc1cc(OC)c([C@@H]2CCN(C)C2CO)c(OC)c1. The molecule has 1 saturated heterocycles. The first-order valence-corrected chi connectivity index (χ1v) is 6.77. The van der Waals surface area contributed by atoms with Gasteiger partial charge in [0.05, 0.1) is 27.9 Å². The molecular formula is C15H23NO4. The van der Waals surface area contributed by atoms with Gasteiger partial charge in [-0.25, -0.2) is 0 Å². The first kappa shape index (κ1) is 14.9. The summed E-state index contributed by atoms with van der Waals surface area (Å²) in [6.07, 6.45) is 0.973. The molecule has 1 unspecified atom stereocenters. The number of aliphatic hydroxyl groups excluding tert-OH is 1. The van der Waals surface area contributed by atoms with Crippen molar-refractivity contribution in [1.29, 1.82) is 0 Å². The van der Waals surface area contributed by atoms with Crippen LogP contribution in [0.5, 0.6) is 17.2 Å². The molecule has 2 rings (SSSR count). The van der Waals surface area contributed by atoms with E-state index in [9.17, 15) is 5.11 Å². The highest BCUT2D eigenvalue weighted by Gasteiger charge is 2.36. The number of hydrogen-bond donors (Lipinski definition) is 1. The molecule has 0 aliphatic carbocycles. The molecule has 5 heteroatoms. The summed E-state index contributed by atoms with van der Waals surface area (Å²) >= 11 is 0. The van der Waals surface area contributed by atoms with E-state index in [1.807, 2.05) is 19.2 Å². The number of ether oxygens (including phenoxy) is 3. The van der Waals surface area contributed by atoms with Gasteiger partial charge in [-0.05, 0) is 20.0 Å². The fourth-order valence-electron chi connectivity index (χ4n) is 3.01. The Bertz CT molecular complexity index is 438. The van der Waals surface area contributed by atoms with Crippen LogP contribution < -0.4 is 14.2 Å². The zero-order chi connectivity index (χ0) is 14.7. The summed E-state index contributed by atoms with van der Waals surface area (Å²) in [7, 11) is 6.94. The molecule has 1 aliphatic rings. The summed E-state index contributed by atoms with van der Waals surface area (Å²) < 4.78 is 16.3. The lowest BCUT2D eigenvalue weighted by Crippen LogP contribution is -2.32. The summed E-state index contributed by atoms with van der Waals surface area (Å²) in [6.45, 7) is 1.08. The topological polar surface area (TPSA) is 51.2 Å². The summed E-state index contributed by atoms with van der Waals surface area (Å²) in [5, 5.41) is 9.65. The van der Waals surface area contributed by atoms with Crippen molar-refractivity contribution in [3.63, 3.8) is 0 Å². The normalized spacial score (nSPS) is 22.9. The molecule has 5 nitrogen and oxygen atoms in total. The first-order valence-electron chi connectivity index (χ1n) is 6.77. The van der Waals surface area contributed by atoms with Gasteiger partial charge in [-0.1, -0.05) is 0 Å². The van der Waals surface area contributed by atoms with Crippen molar-refractivity contribution >= 4 is 0 Å². The van der Waals surface area contributed by atoms with Crippen LogP contribution in [0.25, 0.3) is 0 Å². The van der Waals surface area contributed by atoms with Crippen LogP contribution in [0.4, 0.5) is 0 Å². The third-order valence-electron chi connectivity index (χ3n) is 4.13. The van der Waals surface area contributed by atoms with E-state index in [0.717, 1.165) is 30.0 Å². The molecule has 0 saturated carbocycles. The van der Waals surface area contributed by atoms with E-state index in [1.54, 1.807) is 21.3 Å². The quantitative estimate of drug-likeness (QED) is 0.886. The summed E-state index contributed by atoms with van der Waals surface area (Å²) in [6, 6.07) is 3.82. The maximum atomic E-state index is 9.65. The molecule has 1 aromatic rings. The van der Waals surface area contributed by atoms with E-state index < -0.39 is 0 Å². The minimum Gasteiger partial charge on any atom is -0.496 e. The van der Waals surface area contributed by atoms with Crippen molar-refractivity contribution in [2.24, 2.45) is 0 Å². The Morgan fingerprint density at radius 1 is 1.15 bits per heavy atom. The number of likely N-dealkylation sites (tertiary alicyclic amines) is 1. The molecule has 0 amide bonds. The van der Waals surface area contributed by atoms with E-state index in [-0.39, 0.29) is 18.6 Å². The Morgan fingerprint density at radius 2 is 1.75 bits per heavy atom. The maximum Gasteiger partial charge on any atom is 0.129 e. The fourth-order valence-corrected chi connectivity index (χ4v) is 3.01. The van der Waals surface area contributed by atoms with Crippen LogP contribution in [0.15, 0.2) is 12.1 Å². The van der Waals surface area contributed by atoms with Crippen LogP contribution in [0.2, 0.25) is 0 Å². The number of likely N-dealkylation sites (N-methyl/N-ethyl adjacent to an activating group) is 1. The highest BCUT2D eigenvalue weighted by molar-refractivity contribution is 5.53. The molecule has 1 aromatic carbocycles. The number of methoxy groups -OCH3 is 3. The van der Waals surface area contributed by atoms with Gasteiger partial charge in [0.2, 0.25) is 0 Å². The molecule has 0 spiro atoms. The highest BCUT2D eigenvalue weighted by Crippen LogP contribution is 2.44. The average Bonchev–Trinajstić information content (AvgIpc) is 2.85. The first-order chi connectivity index (χ1) is 9.65. The minimum absolute atomic E-state index is 0.0891. The number of nitrogens with zero attached hydrogens (tertiary/aromatic N) is 1. The van der Waals surface area contributed by atoms with Gasteiger partial charge >= 0.3 is 0 Å². The molecule has 2 atom stereocenters. The van der Waals surface area contributed by atoms with Crippen molar-refractivity contribution in [2.75, 3.05) is 41.5 Å². The predicted octanol–water partition coefficient (Wildman–Crippen LogP) is 1.49. The molecule has 112 valence electrons. The van der Waals surface area contributed by atoms with Gasteiger partial charge in [0.25, 0.3) is 0 Å². The van der Waals surface area contributed by atoms with E-state index in [1.165, 1.54) is 0 Å². The van der Waals surface area contributed by atoms with Crippen LogP contribution in [0.3, 0.4) is 0 Å². The maximum absolute atomic E-state index is 9.65. The Labute approximate surface area is 120 Å². The Balaban J connectivity index is 2.49. The van der Waals surface area contributed by atoms with Crippen molar-refractivity contribution < 1.29 is 19.3 Å². The molecular weight excluding hydrogens is 258 g/mol. The molecule has 0 bridgehead atoms. The second-order valence-electron chi connectivity index (χ2n) is 5.07. The highest BCUT2D eigenvalue weighted by atomic mass is 16.5. The minimum atomic E-state index is 0.0891. The molecule has 1 N–H and O–H groups in total. The number of benzene rings is 1. The van der Waals surface area contributed by atoms with Crippen molar-refractivity contribution in [3.8, 4) is 17.2 Å². The molecule has 0 aromatic heterocycles. The van der Waals surface area contributed by atoms with Crippen molar-refractivity contribution in [3.05, 3.63) is 17.7 Å². The Kier molecular flexibility index (Phi) is 4.73. The third kappa shape index (κ3) is 2.55. The van der Waals surface area contributed by atoms with Crippen LogP contribution in [-0.4, -0.2) is 57.6 Å². The van der Waals surface area contributed by atoms with Crippen LogP contribution in [-0.2, 0) is 0 Å². The fraction of sp³-hybridized carbons (Fsp3) is 0.600.